The Labute approximate surface area is 127 Å². The van der Waals surface area contributed by atoms with Gasteiger partial charge in [0.25, 0.3) is 0 Å². The first-order valence-corrected chi connectivity index (χ1v) is 7.13. The van der Waals surface area contributed by atoms with Gasteiger partial charge in [-0.15, -0.1) is 0 Å². The van der Waals surface area contributed by atoms with Crippen molar-refractivity contribution in [1.29, 1.82) is 0 Å². The van der Waals surface area contributed by atoms with E-state index in [1.807, 2.05) is 54.2 Å². The lowest BCUT2D eigenvalue weighted by Gasteiger charge is -2.21. The van der Waals surface area contributed by atoms with Crippen molar-refractivity contribution in [2.45, 2.75) is 0 Å². The molecule has 0 fully saturated rings. The summed E-state index contributed by atoms with van der Waals surface area (Å²) in [5.41, 5.74) is 6.63. The minimum absolute atomic E-state index is 0.595. The van der Waals surface area contributed by atoms with Gasteiger partial charge in [0.2, 0.25) is 0 Å². The van der Waals surface area contributed by atoms with Crippen LogP contribution in [0.4, 0.5) is 17.3 Å². The number of halogens is 1. The summed E-state index contributed by atoms with van der Waals surface area (Å²) in [6.07, 6.45) is 1.58. The molecule has 0 aliphatic carbocycles. The van der Waals surface area contributed by atoms with Crippen LogP contribution in [0.3, 0.4) is 0 Å². The van der Waals surface area contributed by atoms with E-state index < -0.39 is 0 Å². The van der Waals surface area contributed by atoms with Crippen molar-refractivity contribution in [2.24, 2.45) is 5.73 Å². The first-order valence-electron chi connectivity index (χ1n) is 6.34. The molecule has 0 bridgehead atoms. The first-order chi connectivity index (χ1) is 9.61. The summed E-state index contributed by atoms with van der Waals surface area (Å²) in [4.78, 5) is 12.6. The number of likely N-dealkylation sites (N-methyl/N-ethyl adjacent to an activating group) is 1. The van der Waals surface area contributed by atoms with Crippen LogP contribution >= 0.6 is 15.9 Å². The Hall–Kier alpha value is -1.66. The van der Waals surface area contributed by atoms with E-state index in [9.17, 15) is 0 Å². The Bertz CT molecular complexity index is 575. The molecule has 6 heteroatoms. The van der Waals surface area contributed by atoms with E-state index in [1.54, 1.807) is 6.33 Å². The van der Waals surface area contributed by atoms with Crippen molar-refractivity contribution in [1.82, 2.24) is 9.97 Å². The van der Waals surface area contributed by atoms with Gasteiger partial charge in [-0.3, -0.25) is 0 Å². The number of benzene rings is 1. The lowest BCUT2D eigenvalue weighted by Crippen LogP contribution is -2.26. The Morgan fingerprint density at radius 3 is 2.60 bits per heavy atom. The van der Waals surface area contributed by atoms with E-state index in [1.165, 1.54) is 0 Å². The Morgan fingerprint density at radius 2 is 1.90 bits per heavy atom. The van der Waals surface area contributed by atoms with Crippen LogP contribution < -0.4 is 15.5 Å². The molecule has 5 nitrogen and oxygen atoms in total. The highest BCUT2D eigenvalue weighted by atomic mass is 79.9. The highest BCUT2D eigenvalue weighted by Crippen LogP contribution is 2.25. The van der Waals surface area contributed by atoms with Crippen LogP contribution in [0.15, 0.2) is 41.1 Å². The fourth-order valence-electron chi connectivity index (χ4n) is 1.85. The molecule has 2 aromatic rings. The summed E-state index contributed by atoms with van der Waals surface area (Å²) in [7, 11) is 3.95. The molecule has 0 radical (unpaired) electrons. The third-order valence-corrected chi connectivity index (χ3v) is 3.53. The largest absolute Gasteiger partial charge is 0.358 e. The first kappa shape index (κ1) is 14.7. The number of anilines is 3. The minimum Gasteiger partial charge on any atom is -0.358 e. The van der Waals surface area contributed by atoms with Gasteiger partial charge in [-0.1, -0.05) is 22.0 Å². The average Bonchev–Trinajstić information content (AvgIpc) is 2.47. The lowest BCUT2D eigenvalue weighted by atomic mass is 10.3. The predicted octanol–water partition coefficient (Wildman–Crippen LogP) is 2.40. The summed E-state index contributed by atoms with van der Waals surface area (Å²) in [6.45, 7) is 1.36. The highest BCUT2D eigenvalue weighted by molar-refractivity contribution is 9.10. The van der Waals surface area contributed by atoms with Crippen LogP contribution in [0.5, 0.6) is 0 Å². The summed E-state index contributed by atoms with van der Waals surface area (Å²) in [6, 6.07) is 10.0. The van der Waals surface area contributed by atoms with Crippen molar-refractivity contribution >= 4 is 33.3 Å². The number of hydrogen-bond donors (Lipinski definition) is 1. The third-order valence-electron chi connectivity index (χ3n) is 3.03. The summed E-state index contributed by atoms with van der Waals surface area (Å²) >= 11 is 3.48. The zero-order chi connectivity index (χ0) is 14.5. The fourth-order valence-corrected chi connectivity index (χ4v) is 2.24. The number of aromatic nitrogens is 2. The molecule has 106 valence electrons. The molecular weight excluding hydrogens is 318 g/mol. The number of nitrogens with zero attached hydrogens (tertiary/aromatic N) is 4. The number of hydrogen-bond acceptors (Lipinski definition) is 5. The Kier molecular flexibility index (Phi) is 4.92. The number of rotatable bonds is 5. The van der Waals surface area contributed by atoms with Gasteiger partial charge in [0, 0.05) is 43.4 Å². The molecule has 0 aliphatic rings. The van der Waals surface area contributed by atoms with Crippen LogP contribution in [0.1, 0.15) is 0 Å². The van der Waals surface area contributed by atoms with Gasteiger partial charge in [0.1, 0.15) is 18.0 Å². The molecule has 0 aliphatic heterocycles. The second kappa shape index (κ2) is 6.67. The van der Waals surface area contributed by atoms with Crippen molar-refractivity contribution in [3.63, 3.8) is 0 Å². The SMILES string of the molecule is CN(CCN)c1cc(N(C)c2cccc(Br)c2)ncn1. The van der Waals surface area contributed by atoms with E-state index in [0.29, 0.717) is 6.54 Å². The summed E-state index contributed by atoms with van der Waals surface area (Å²) < 4.78 is 1.04. The van der Waals surface area contributed by atoms with Crippen LogP contribution in [0.2, 0.25) is 0 Å². The number of nitrogens with two attached hydrogens (primary N) is 1. The highest BCUT2D eigenvalue weighted by Gasteiger charge is 2.09. The van der Waals surface area contributed by atoms with Gasteiger partial charge < -0.3 is 15.5 Å². The van der Waals surface area contributed by atoms with Crippen LogP contribution in [-0.4, -0.2) is 37.2 Å². The quantitative estimate of drug-likeness (QED) is 0.909. The lowest BCUT2D eigenvalue weighted by molar-refractivity contribution is 0.863. The second-order valence-electron chi connectivity index (χ2n) is 4.48. The van der Waals surface area contributed by atoms with Gasteiger partial charge >= 0.3 is 0 Å². The maximum Gasteiger partial charge on any atom is 0.138 e. The zero-order valence-corrected chi connectivity index (χ0v) is 13.2. The molecular formula is C14H18BrN5. The van der Waals surface area contributed by atoms with E-state index >= 15 is 0 Å². The van der Waals surface area contributed by atoms with E-state index in [0.717, 1.165) is 28.3 Å². The average molecular weight is 336 g/mol. The molecule has 0 saturated carbocycles. The van der Waals surface area contributed by atoms with Gasteiger partial charge in [-0.2, -0.15) is 0 Å². The van der Waals surface area contributed by atoms with Crippen LogP contribution in [0, 0.1) is 0 Å². The standard InChI is InChI=1S/C14H18BrN5/c1-19(7-6-16)13-9-14(18-10-17-13)20(2)12-5-3-4-11(15)8-12/h3-5,8-10H,6-7,16H2,1-2H3. The molecule has 0 saturated heterocycles. The Balaban J connectivity index is 2.26. The van der Waals surface area contributed by atoms with Gasteiger partial charge in [-0.05, 0) is 18.2 Å². The molecule has 1 aromatic carbocycles. The molecule has 2 N–H and O–H groups in total. The van der Waals surface area contributed by atoms with Crippen LogP contribution in [-0.2, 0) is 0 Å². The zero-order valence-electron chi connectivity index (χ0n) is 11.6. The van der Waals surface area contributed by atoms with Crippen molar-refractivity contribution < 1.29 is 0 Å². The van der Waals surface area contributed by atoms with Crippen molar-refractivity contribution in [3.8, 4) is 0 Å². The predicted molar refractivity (Wildman–Crippen MR) is 86.6 cm³/mol. The molecule has 2 rings (SSSR count). The smallest absolute Gasteiger partial charge is 0.138 e. The normalized spacial score (nSPS) is 10.4. The van der Waals surface area contributed by atoms with Crippen molar-refractivity contribution in [3.05, 3.63) is 41.1 Å². The minimum atomic E-state index is 0.595. The van der Waals surface area contributed by atoms with Gasteiger partial charge in [-0.25, -0.2) is 9.97 Å². The molecule has 0 atom stereocenters. The summed E-state index contributed by atoms with van der Waals surface area (Å²) in [5.74, 6) is 1.71. The maximum absolute atomic E-state index is 5.57. The summed E-state index contributed by atoms with van der Waals surface area (Å²) in [5, 5.41) is 0. The second-order valence-corrected chi connectivity index (χ2v) is 5.40. The van der Waals surface area contributed by atoms with Crippen LogP contribution in [0.25, 0.3) is 0 Å². The molecule has 0 amide bonds. The van der Waals surface area contributed by atoms with Gasteiger partial charge in [0.05, 0.1) is 0 Å². The monoisotopic (exact) mass is 335 g/mol. The molecule has 0 unspecified atom stereocenters. The van der Waals surface area contributed by atoms with E-state index in [-0.39, 0.29) is 0 Å². The molecule has 0 spiro atoms. The van der Waals surface area contributed by atoms with E-state index in [2.05, 4.69) is 25.9 Å². The Morgan fingerprint density at radius 1 is 1.15 bits per heavy atom. The molecule has 20 heavy (non-hydrogen) atoms. The fraction of sp³-hybridized carbons (Fsp3) is 0.286. The third kappa shape index (κ3) is 3.46. The van der Waals surface area contributed by atoms with Crippen molar-refractivity contribution in [2.75, 3.05) is 37.0 Å². The van der Waals surface area contributed by atoms with E-state index in [4.69, 9.17) is 5.73 Å². The molecule has 1 aromatic heterocycles. The topological polar surface area (TPSA) is 58.3 Å². The maximum atomic E-state index is 5.57. The van der Waals surface area contributed by atoms with Gasteiger partial charge in [0.15, 0.2) is 0 Å². The molecule has 1 heterocycles.